The topological polar surface area (TPSA) is 49.3 Å². The SMILES string of the molecule is CC(C)CC(CNCc1ccc(Cl)c(F)c1)C(=O)O. The fourth-order valence-corrected chi connectivity index (χ4v) is 2.00. The number of hydrogen-bond acceptors (Lipinski definition) is 2. The van der Waals surface area contributed by atoms with Crippen molar-refractivity contribution in [1.82, 2.24) is 5.32 Å². The minimum Gasteiger partial charge on any atom is -0.481 e. The molecule has 0 radical (unpaired) electrons. The van der Waals surface area contributed by atoms with E-state index in [9.17, 15) is 9.18 Å². The molecular weight excluding hydrogens is 269 g/mol. The highest BCUT2D eigenvalue weighted by Gasteiger charge is 2.18. The Morgan fingerprint density at radius 1 is 1.47 bits per heavy atom. The van der Waals surface area contributed by atoms with Gasteiger partial charge in [0.15, 0.2) is 0 Å². The molecule has 0 amide bonds. The van der Waals surface area contributed by atoms with Crippen LogP contribution in [0.5, 0.6) is 0 Å². The molecule has 19 heavy (non-hydrogen) atoms. The van der Waals surface area contributed by atoms with Crippen molar-refractivity contribution < 1.29 is 14.3 Å². The van der Waals surface area contributed by atoms with Crippen molar-refractivity contribution in [3.63, 3.8) is 0 Å². The summed E-state index contributed by atoms with van der Waals surface area (Å²) in [5.41, 5.74) is 0.746. The van der Waals surface area contributed by atoms with Crippen LogP contribution in [-0.2, 0) is 11.3 Å². The van der Waals surface area contributed by atoms with Crippen molar-refractivity contribution in [2.24, 2.45) is 11.8 Å². The van der Waals surface area contributed by atoms with Crippen LogP contribution in [0.4, 0.5) is 4.39 Å². The molecule has 0 heterocycles. The Labute approximate surface area is 117 Å². The third kappa shape index (κ3) is 5.57. The first-order valence-corrected chi connectivity index (χ1v) is 6.65. The van der Waals surface area contributed by atoms with Gasteiger partial charge in [-0.2, -0.15) is 0 Å². The molecule has 1 rings (SSSR count). The van der Waals surface area contributed by atoms with Gasteiger partial charge in [0, 0.05) is 13.1 Å². The van der Waals surface area contributed by atoms with Crippen molar-refractivity contribution in [3.8, 4) is 0 Å². The Balaban J connectivity index is 2.47. The van der Waals surface area contributed by atoms with E-state index in [2.05, 4.69) is 5.32 Å². The van der Waals surface area contributed by atoms with E-state index in [0.29, 0.717) is 25.4 Å². The quantitative estimate of drug-likeness (QED) is 0.809. The van der Waals surface area contributed by atoms with Gasteiger partial charge in [0.05, 0.1) is 10.9 Å². The summed E-state index contributed by atoms with van der Waals surface area (Å²) in [5.74, 6) is -1.35. The second kappa shape index (κ2) is 7.46. The Morgan fingerprint density at radius 3 is 2.68 bits per heavy atom. The molecule has 0 fully saturated rings. The van der Waals surface area contributed by atoms with Crippen molar-refractivity contribution >= 4 is 17.6 Å². The number of rotatable bonds is 7. The Morgan fingerprint density at radius 2 is 2.16 bits per heavy atom. The molecule has 0 aliphatic rings. The smallest absolute Gasteiger partial charge is 0.307 e. The lowest BCUT2D eigenvalue weighted by molar-refractivity contribution is -0.142. The first-order valence-electron chi connectivity index (χ1n) is 6.27. The van der Waals surface area contributed by atoms with E-state index in [4.69, 9.17) is 16.7 Å². The second-order valence-electron chi connectivity index (χ2n) is 5.04. The number of hydrogen-bond donors (Lipinski definition) is 2. The first-order chi connectivity index (χ1) is 8.90. The molecule has 2 N–H and O–H groups in total. The largest absolute Gasteiger partial charge is 0.481 e. The fourth-order valence-electron chi connectivity index (χ4n) is 1.88. The van der Waals surface area contributed by atoms with Crippen LogP contribution in [0.25, 0.3) is 0 Å². The average molecular weight is 288 g/mol. The number of carboxylic acid groups (broad SMARTS) is 1. The van der Waals surface area contributed by atoms with Crippen LogP contribution in [-0.4, -0.2) is 17.6 Å². The number of benzene rings is 1. The van der Waals surface area contributed by atoms with Gasteiger partial charge in [0.1, 0.15) is 5.82 Å². The maximum Gasteiger partial charge on any atom is 0.307 e. The lowest BCUT2D eigenvalue weighted by Gasteiger charge is -2.15. The summed E-state index contributed by atoms with van der Waals surface area (Å²) in [6, 6.07) is 4.57. The van der Waals surface area contributed by atoms with Crippen LogP contribution >= 0.6 is 11.6 Å². The summed E-state index contributed by atoms with van der Waals surface area (Å²) < 4.78 is 13.2. The van der Waals surface area contributed by atoms with Crippen molar-refractivity contribution in [2.45, 2.75) is 26.8 Å². The van der Waals surface area contributed by atoms with Gasteiger partial charge in [-0.05, 0) is 30.0 Å². The summed E-state index contributed by atoms with van der Waals surface area (Å²) in [5, 5.41) is 12.2. The standard InChI is InChI=1S/C14H19ClFNO2/c1-9(2)5-11(14(18)19)8-17-7-10-3-4-12(15)13(16)6-10/h3-4,6,9,11,17H,5,7-8H2,1-2H3,(H,18,19). The van der Waals surface area contributed by atoms with Gasteiger partial charge in [-0.3, -0.25) is 4.79 Å². The number of nitrogens with one attached hydrogen (secondary N) is 1. The van der Waals surface area contributed by atoms with Crippen LogP contribution in [0.2, 0.25) is 5.02 Å². The average Bonchev–Trinajstić information content (AvgIpc) is 2.31. The number of carboxylic acids is 1. The highest BCUT2D eigenvalue weighted by atomic mass is 35.5. The minimum atomic E-state index is -0.802. The predicted octanol–water partition coefficient (Wildman–Crippen LogP) is 3.32. The molecule has 0 aliphatic carbocycles. The summed E-state index contributed by atoms with van der Waals surface area (Å²) >= 11 is 5.59. The van der Waals surface area contributed by atoms with Crippen LogP contribution in [0.15, 0.2) is 18.2 Å². The Bertz CT molecular complexity index is 437. The van der Waals surface area contributed by atoms with E-state index in [1.54, 1.807) is 6.07 Å². The molecule has 1 aromatic rings. The van der Waals surface area contributed by atoms with Crippen LogP contribution < -0.4 is 5.32 Å². The molecule has 0 saturated heterocycles. The van der Waals surface area contributed by atoms with Crippen molar-refractivity contribution in [1.29, 1.82) is 0 Å². The minimum absolute atomic E-state index is 0.0898. The molecule has 0 aliphatic heterocycles. The van der Waals surface area contributed by atoms with Gasteiger partial charge in [0.25, 0.3) is 0 Å². The summed E-state index contributed by atoms with van der Waals surface area (Å²) in [6.45, 7) is 4.78. The first kappa shape index (κ1) is 15.9. The summed E-state index contributed by atoms with van der Waals surface area (Å²) in [6.07, 6.45) is 0.622. The molecular formula is C14H19ClFNO2. The number of aliphatic carboxylic acids is 1. The molecule has 106 valence electrons. The maximum absolute atomic E-state index is 13.2. The third-order valence-corrected chi connectivity index (χ3v) is 3.12. The molecule has 0 aromatic heterocycles. The second-order valence-corrected chi connectivity index (χ2v) is 5.45. The lowest BCUT2D eigenvalue weighted by atomic mass is 9.97. The Kier molecular flexibility index (Phi) is 6.25. The van der Waals surface area contributed by atoms with E-state index in [1.165, 1.54) is 12.1 Å². The lowest BCUT2D eigenvalue weighted by Crippen LogP contribution is -2.29. The van der Waals surface area contributed by atoms with E-state index in [-0.39, 0.29) is 5.02 Å². The van der Waals surface area contributed by atoms with Crippen LogP contribution in [0.3, 0.4) is 0 Å². The molecule has 0 bridgehead atoms. The van der Waals surface area contributed by atoms with Crippen LogP contribution in [0.1, 0.15) is 25.8 Å². The van der Waals surface area contributed by atoms with Gasteiger partial charge in [-0.1, -0.05) is 31.5 Å². The van der Waals surface area contributed by atoms with Gasteiger partial charge in [0.2, 0.25) is 0 Å². The van der Waals surface area contributed by atoms with Crippen LogP contribution in [0, 0.1) is 17.7 Å². The predicted molar refractivity (Wildman–Crippen MR) is 73.7 cm³/mol. The Hall–Kier alpha value is -1.13. The zero-order valence-corrected chi connectivity index (χ0v) is 11.9. The highest BCUT2D eigenvalue weighted by molar-refractivity contribution is 6.30. The molecule has 0 spiro atoms. The molecule has 5 heteroatoms. The van der Waals surface area contributed by atoms with Crippen molar-refractivity contribution in [3.05, 3.63) is 34.6 Å². The molecule has 1 unspecified atom stereocenters. The summed E-state index contributed by atoms with van der Waals surface area (Å²) in [7, 11) is 0. The van der Waals surface area contributed by atoms with Crippen molar-refractivity contribution in [2.75, 3.05) is 6.54 Å². The van der Waals surface area contributed by atoms with E-state index < -0.39 is 17.7 Å². The maximum atomic E-state index is 13.2. The van der Waals surface area contributed by atoms with Gasteiger partial charge < -0.3 is 10.4 Å². The molecule has 1 atom stereocenters. The number of halogens is 2. The van der Waals surface area contributed by atoms with E-state index >= 15 is 0 Å². The number of carbonyl (C=O) groups is 1. The third-order valence-electron chi connectivity index (χ3n) is 2.81. The zero-order chi connectivity index (χ0) is 14.4. The van der Waals surface area contributed by atoms with E-state index in [0.717, 1.165) is 5.56 Å². The summed E-state index contributed by atoms with van der Waals surface area (Å²) in [4.78, 5) is 11.1. The fraction of sp³-hybridized carbons (Fsp3) is 0.500. The molecule has 3 nitrogen and oxygen atoms in total. The molecule has 0 saturated carbocycles. The van der Waals surface area contributed by atoms with Gasteiger partial charge >= 0.3 is 5.97 Å². The van der Waals surface area contributed by atoms with E-state index in [1.807, 2.05) is 13.8 Å². The zero-order valence-electron chi connectivity index (χ0n) is 11.1. The van der Waals surface area contributed by atoms with Gasteiger partial charge in [-0.15, -0.1) is 0 Å². The normalized spacial score (nSPS) is 12.7. The monoisotopic (exact) mass is 287 g/mol. The molecule has 1 aromatic carbocycles. The highest BCUT2D eigenvalue weighted by Crippen LogP contribution is 2.16. The van der Waals surface area contributed by atoms with Gasteiger partial charge in [-0.25, -0.2) is 4.39 Å².